The molecule has 2 rings (SSSR count). The van der Waals surface area contributed by atoms with Crippen molar-refractivity contribution >= 4 is 0 Å². The topological polar surface area (TPSA) is 29.9 Å². The zero-order valence-electron chi connectivity index (χ0n) is 11.1. The van der Waals surface area contributed by atoms with E-state index in [1.807, 2.05) is 23.9 Å². The van der Waals surface area contributed by atoms with Gasteiger partial charge in [0.25, 0.3) is 0 Å². The van der Waals surface area contributed by atoms with Crippen molar-refractivity contribution in [2.45, 2.75) is 32.2 Å². The summed E-state index contributed by atoms with van der Waals surface area (Å²) >= 11 is 0. The Hall–Kier alpha value is -1.82. The predicted molar refractivity (Wildman–Crippen MR) is 70.0 cm³/mol. The number of halogens is 3. The summed E-state index contributed by atoms with van der Waals surface area (Å²) in [5.41, 5.74) is 0.205. The van der Waals surface area contributed by atoms with E-state index in [1.54, 1.807) is 6.20 Å². The van der Waals surface area contributed by atoms with E-state index >= 15 is 0 Å². The van der Waals surface area contributed by atoms with E-state index in [0.29, 0.717) is 13.1 Å². The van der Waals surface area contributed by atoms with Gasteiger partial charge in [-0.2, -0.15) is 18.3 Å². The molecule has 0 amide bonds. The molecule has 3 nitrogen and oxygen atoms in total. The highest BCUT2D eigenvalue weighted by Crippen LogP contribution is 2.29. The number of nitrogens with one attached hydrogen (secondary N) is 1. The highest BCUT2D eigenvalue weighted by atomic mass is 19.4. The van der Waals surface area contributed by atoms with Crippen LogP contribution in [0.4, 0.5) is 13.2 Å². The summed E-state index contributed by atoms with van der Waals surface area (Å²) < 4.78 is 39.1. The molecule has 1 atom stereocenters. The lowest BCUT2D eigenvalue weighted by molar-refractivity contribution is -0.137. The van der Waals surface area contributed by atoms with Crippen molar-refractivity contribution in [2.75, 3.05) is 0 Å². The molecule has 0 saturated carbocycles. The van der Waals surface area contributed by atoms with Gasteiger partial charge in [0, 0.05) is 25.0 Å². The summed E-state index contributed by atoms with van der Waals surface area (Å²) in [7, 11) is 0. The van der Waals surface area contributed by atoms with Crippen molar-refractivity contribution in [1.29, 1.82) is 0 Å². The standard InChI is InChI=1S/C14H16F3N3/c1-11(10-20-8-2-7-19-20)18-9-12-3-5-13(6-4-12)14(15,16)17/h2-8,11,18H,9-10H2,1H3. The largest absolute Gasteiger partial charge is 0.416 e. The minimum absolute atomic E-state index is 0.178. The van der Waals surface area contributed by atoms with Crippen LogP contribution < -0.4 is 5.32 Å². The zero-order chi connectivity index (χ0) is 14.6. The maximum absolute atomic E-state index is 12.4. The van der Waals surface area contributed by atoms with E-state index < -0.39 is 11.7 Å². The lowest BCUT2D eigenvalue weighted by Crippen LogP contribution is -2.30. The van der Waals surface area contributed by atoms with Gasteiger partial charge in [0.15, 0.2) is 0 Å². The van der Waals surface area contributed by atoms with Crippen LogP contribution in [0.1, 0.15) is 18.1 Å². The summed E-state index contributed by atoms with van der Waals surface area (Å²) in [5.74, 6) is 0. The van der Waals surface area contributed by atoms with Crippen LogP contribution in [-0.4, -0.2) is 15.8 Å². The quantitative estimate of drug-likeness (QED) is 0.914. The molecule has 0 radical (unpaired) electrons. The SMILES string of the molecule is CC(Cn1cccn1)NCc1ccc(C(F)(F)F)cc1. The van der Waals surface area contributed by atoms with Crippen molar-refractivity contribution in [3.05, 3.63) is 53.9 Å². The molecule has 1 unspecified atom stereocenters. The van der Waals surface area contributed by atoms with Gasteiger partial charge in [0.1, 0.15) is 0 Å². The van der Waals surface area contributed by atoms with E-state index in [0.717, 1.165) is 17.7 Å². The van der Waals surface area contributed by atoms with E-state index in [2.05, 4.69) is 10.4 Å². The smallest absolute Gasteiger partial charge is 0.308 e. The molecular weight excluding hydrogens is 267 g/mol. The summed E-state index contributed by atoms with van der Waals surface area (Å²) in [5, 5.41) is 7.35. The first kappa shape index (κ1) is 14.6. The average Bonchev–Trinajstić information content (AvgIpc) is 2.88. The molecule has 0 spiro atoms. The zero-order valence-corrected chi connectivity index (χ0v) is 11.1. The lowest BCUT2D eigenvalue weighted by atomic mass is 10.1. The Morgan fingerprint density at radius 2 is 1.95 bits per heavy atom. The van der Waals surface area contributed by atoms with Crippen LogP contribution in [0.25, 0.3) is 0 Å². The Morgan fingerprint density at radius 3 is 2.50 bits per heavy atom. The van der Waals surface area contributed by atoms with Gasteiger partial charge in [-0.15, -0.1) is 0 Å². The molecule has 1 heterocycles. The van der Waals surface area contributed by atoms with Crippen LogP contribution in [-0.2, 0) is 19.3 Å². The number of rotatable bonds is 5. The third-order valence-electron chi connectivity index (χ3n) is 2.96. The van der Waals surface area contributed by atoms with E-state index in [-0.39, 0.29) is 6.04 Å². The minimum atomic E-state index is -4.28. The molecule has 2 aromatic rings. The molecule has 1 aromatic heterocycles. The van der Waals surface area contributed by atoms with Crippen LogP contribution in [0, 0.1) is 0 Å². The fourth-order valence-electron chi connectivity index (χ4n) is 1.86. The maximum Gasteiger partial charge on any atom is 0.416 e. The number of benzene rings is 1. The second kappa shape index (κ2) is 6.09. The first-order chi connectivity index (χ1) is 9.45. The Kier molecular flexibility index (Phi) is 4.44. The number of nitrogens with zero attached hydrogens (tertiary/aromatic N) is 2. The van der Waals surface area contributed by atoms with E-state index in [4.69, 9.17) is 0 Å². The molecule has 0 aliphatic carbocycles. The fraction of sp³-hybridized carbons (Fsp3) is 0.357. The Labute approximate surface area is 115 Å². The van der Waals surface area contributed by atoms with Crippen molar-refractivity contribution < 1.29 is 13.2 Å². The molecule has 6 heteroatoms. The summed E-state index contributed by atoms with van der Waals surface area (Å²) in [6.07, 6.45) is -0.696. The van der Waals surface area contributed by atoms with Gasteiger partial charge in [-0.1, -0.05) is 12.1 Å². The lowest BCUT2D eigenvalue weighted by Gasteiger charge is -2.14. The van der Waals surface area contributed by atoms with Crippen molar-refractivity contribution in [1.82, 2.24) is 15.1 Å². The third kappa shape index (κ3) is 4.09. The van der Waals surface area contributed by atoms with E-state index in [1.165, 1.54) is 12.1 Å². The van der Waals surface area contributed by atoms with Gasteiger partial charge in [-0.3, -0.25) is 4.68 Å². The molecule has 20 heavy (non-hydrogen) atoms. The molecule has 0 bridgehead atoms. The van der Waals surface area contributed by atoms with E-state index in [9.17, 15) is 13.2 Å². The number of alkyl halides is 3. The number of aromatic nitrogens is 2. The first-order valence-electron chi connectivity index (χ1n) is 6.32. The number of hydrogen-bond donors (Lipinski definition) is 1. The van der Waals surface area contributed by atoms with Gasteiger partial charge in [-0.25, -0.2) is 0 Å². The van der Waals surface area contributed by atoms with Crippen molar-refractivity contribution in [3.63, 3.8) is 0 Å². The average molecular weight is 283 g/mol. The fourth-order valence-corrected chi connectivity index (χ4v) is 1.86. The minimum Gasteiger partial charge on any atom is -0.308 e. The van der Waals surface area contributed by atoms with Crippen LogP contribution >= 0.6 is 0 Å². The Balaban J connectivity index is 1.84. The Morgan fingerprint density at radius 1 is 1.25 bits per heavy atom. The normalized spacial score (nSPS) is 13.4. The molecule has 1 N–H and O–H groups in total. The highest BCUT2D eigenvalue weighted by Gasteiger charge is 2.29. The van der Waals surface area contributed by atoms with Crippen LogP contribution in [0.15, 0.2) is 42.7 Å². The van der Waals surface area contributed by atoms with Crippen LogP contribution in [0.5, 0.6) is 0 Å². The monoisotopic (exact) mass is 283 g/mol. The van der Waals surface area contributed by atoms with Gasteiger partial charge in [-0.05, 0) is 30.7 Å². The molecule has 1 aromatic carbocycles. The second-order valence-corrected chi connectivity index (χ2v) is 4.70. The summed E-state index contributed by atoms with van der Waals surface area (Å²) in [4.78, 5) is 0. The summed E-state index contributed by atoms with van der Waals surface area (Å²) in [6.45, 7) is 3.25. The number of hydrogen-bond acceptors (Lipinski definition) is 2. The predicted octanol–water partition coefficient (Wildman–Crippen LogP) is 3.08. The molecule has 0 saturated heterocycles. The first-order valence-corrected chi connectivity index (χ1v) is 6.32. The molecule has 0 aliphatic heterocycles. The molecule has 0 aliphatic rings. The van der Waals surface area contributed by atoms with Crippen LogP contribution in [0.3, 0.4) is 0 Å². The second-order valence-electron chi connectivity index (χ2n) is 4.70. The molecule has 0 fully saturated rings. The highest BCUT2D eigenvalue weighted by molar-refractivity contribution is 5.24. The van der Waals surface area contributed by atoms with Gasteiger partial charge in [0.2, 0.25) is 0 Å². The van der Waals surface area contributed by atoms with Gasteiger partial charge < -0.3 is 5.32 Å². The van der Waals surface area contributed by atoms with Crippen molar-refractivity contribution in [2.24, 2.45) is 0 Å². The van der Waals surface area contributed by atoms with Crippen LogP contribution in [0.2, 0.25) is 0 Å². The van der Waals surface area contributed by atoms with Gasteiger partial charge >= 0.3 is 6.18 Å². The Bertz CT molecular complexity index is 518. The summed E-state index contributed by atoms with van der Waals surface area (Å²) in [6, 6.07) is 7.23. The molecular formula is C14H16F3N3. The van der Waals surface area contributed by atoms with Gasteiger partial charge in [0.05, 0.1) is 12.1 Å². The van der Waals surface area contributed by atoms with Crippen molar-refractivity contribution in [3.8, 4) is 0 Å². The maximum atomic E-state index is 12.4. The third-order valence-corrected chi connectivity index (χ3v) is 2.96. The molecule has 108 valence electrons.